The van der Waals surface area contributed by atoms with Gasteiger partial charge in [-0.05, 0) is 37.1 Å². The lowest BCUT2D eigenvalue weighted by Crippen LogP contribution is -2.38. The normalized spacial score (nSPS) is 15.5. The monoisotopic (exact) mass is 472 g/mol. The SMILES string of the molecule is O=C(Nc1ccccc1SC(F)F)C1CCN(c2ccc3nnc(C(F)(F)F)n3n2)CC1. The number of hydrogen-bond donors (Lipinski definition) is 1. The fourth-order valence-corrected chi connectivity index (χ4v) is 4.09. The first kappa shape index (κ1) is 22.2. The van der Waals surface area contributed by atoms with E-state index in [1.165, 1.54) is 12.1 Å². The Morgan fingerprint density at radius 1 is 1.09 bits per heavy atom. The van der Waals surface area contributed by atoms with Gasteiger partial charge in [-0.1, -0.05) is 23.9 Å². The number of piperidine rings is 1. The zero-order chi connectivity index (χ0) is 22.9. The van der Waals surface area contributed by atoms with E-state index in [-0.39, 0.29) is 22.4 Å². The minimum absolute atomic E-state index is 0.0179. The molecule has 7 nitrogen and oxygen atoms in total. The summed E-state index contributed by atoms with van der Waals surface area (Å²) < 4.78 is 65.4. The topological polar surface area (TPSA) is 75.4 Å². The molecule has 1 fully saturated rings. The molecule has 3 heterocycles. The van der Waals surface area contributed by atoms with Crippen LogP contribution in [-0.2, 0) is 11.0 Å². The van der Waals surface area contributed by atoms with Crippen LogP contribution in [0.2, 0.25) is 0 Å². The Hall–Kier alpha value is -2.96. The van der Waals surface area contributed by atoms with E-state index in [0.717, 1.165) is 0 Å². The number of fused-ring (bicyclic) bond motifs is 1. The standard InChI is InChI=1S/C19H17F5N6OS/c20-18(21)32-13-4-2-1-3-12(13)25-16(31)11-7-9-29(10-8-11)15-6-5-14-26-27-17(19(22,23)24)30(14)28-15/h1-6,11,18H,7-10H2,(H,25,31). The second-order valence-electron chi connectivity index (χ2n) is 7.11. The predicted molar refractivity (Wildman–Crippen MR) is 108 cm³/mol. The molecular formula is C19H17F5N6OS. The third-order valence-electron chi connectivity index (χ3n) is 5.05. The number of anilines is 2. The van der Waals surface area contributed by atoms with Crippen LogP contribution in [0, 0.1) is 5.92 Å². The number of carbonyl (C=O) groups is 1. The van der Waals surface area contributed by atoms with Crippen LogP contribution in [-0.4, -0.2) is 44.6 Å². The second-order valence-corrected chi connectivity index (χ2v) is 8.14. The zero-order valence-corrected chi connectivity index (χ0v) is 17.2. The quantitative estimate of drug-likeness (QED) is 0.441. The molecule has 1 aliphatic rings. The van der Waals surface area contributed by atoms with Crippen molar-refractivity contribution in [3.05, 3.63) is 42.2 Å². The number of hydrogen-bond acceptors (Lipinski definition) is 6. The molecule has 0 aliphatic carbocycles. The molecule has 1 saturated heterocycles. The molecule has 3 aromatic rings. The number of carbonyl (C=O) groups excluding carboxylic acids is 1. The van der Waals surface area contributed by atoms with E-state index in [1.807, 2.05) is 0 Å². The molecule has 0 bridgehead atoms. The number of aromatic nitrogens is 4. The summed E-state index contributed by atoms with van der Waals surface area (Å²) in [5, 5.41) is 13.4. The minimum atomic E-state index is -4.69. The third-order valence-corrected chi connectivity index (χ3v) is 5.84. The summed E-state index contributed by atoms with van der Waals surface area (Å²) in [5.41, 5.74) is 0.306. The molecule has 0 spiro atoms. The number of para-hydroxylation sites is 1. The Morgan fingerprint density at radius 3 is 2.50 bits per heavy atom. The van der Waals surface area contributed by atoms with Crippen molar-refractivity contribution in [2.45, 2.75) is 29.7 Å². The molecule has 1 amide bonds. The van der Waals surface area contributed by atoms with Crippen molar-refractivity contribution in [2.24, 2.45) is 5.92 Å². The number of alkyl halides is 5. The van der Waals surface area contributed by atoms with Gasteiger partial charge in [0.1, 0.15) is 5.82 Å². The summed E-state index contributed by atoms with van der Waals surface area (Å²) in [6, 6.07) is 9.30. The number of rotatable bonds is 5. The Balaban J connectivity index is 1.42. The lowest BCUT2D eigenvalue weighted by molar-refractivity contribution is -0.146. The molecule has 0 radical (unpaired) electrons. The molecule has 1 aromatic carbocycles. The number of halogens is 5. The maximum absolute atomic E-state index is 13.1. The van der Waals surface area contributed by atoms with E-state index in [2.05, 4.69) is 20.6 Å². The summed E-state index contributed by atoms with van der Waals surface area (Å²) in [6.07, 6.45) is -3.82. The number of amides is 1. The highest BCUT2D eigenvalue weighted by molar-refractivity contribution is 7.99. The first-order valence-corrected chi connectivity index (χ1v) is 10.5. The molecule has 0 saturated carbocycles. The fourth-order valence-electron chi connectivity index (χ4n) is 3.50. The lowest BCUT2D eigenvalue weighted by atomic mass is 9.96. The van der Waals surface area contributed by atoms with Gasteiger partial charge >= 0.3 is 6.18 Å². The van der Waals surface area contributed by atoms with Crippen molar-refractivity contribution in [1.82, 2.24) is 19.8 Å². The van der Waals surface area contributed by atoms with Crippen LogP contribution in [0.25, 0.3) is 5.65 Å². The van der Waals surface area contributed by atoms with Crippen molar-refractivity contribution in [1.29, 1.82) is 0 Å². The number of benzene rings is 1. The van der Waals surface area contributed by atoms with E-state index in [1.54, 1.807) is 29.2 Å². The summed E-state index contributed by atoms with van der Waals surface area (Å²) >= 11 is 0.359. The lowest BCUT2D eigenvalue weighted by Gasteiger charge is -2.32. The zero-order valence-electron chi connectivity index (χ0n) is 16.4. The van der Waals surface area contributed by atoms with Gasteiger partial charge < -0.3 is 10.2 Å². The van der Waals surface area contributed by atoms with Gasteiger partial charge in [0, 0.05) is 23.9 Å². The smallest absolute Gasteiger partial charge is 0.355 e. The highest BCUT2D eigenvalue weighted by atomic mass is 32.2. The number of nitrogens with one attached hydrogen (secondary N) is 1. The van der Waals surface area contributed by atoms with Crippen molar-refractivity contribution in [3.63, 3.8) is 0 Å². The maximum Gasteiger partial charge on any atom is 0.453 e. The van der Waals surface area contributed by atoms with Crippen molar-refractivity contribution in [2.75, 3.05) is 23.3 Å². The summed E-state index contributed by atoms with van der Waals surface area (Å²) in [6.45, 7) is 0.793. The van der Waals surface area contributed by atoms with Crippen molar-refractivity contribution in [3.8, 4) is 0 Å². The van der Waals surface area contributed by atoms with Gasteiger partial charge in [-0.25, -0.2) is 0 Å². The molecule has 170 valence electrons. The predicted octanol–water partition coefficient (Wildman–Crippen LogP) is 4.31. The van der Waals surface area contributed by atoms with E-state index in [0.29, 0.717) is 53.7 Å². The molecule has 1 N–H and O–H groups in total. The Kier molecular flexibility index (Phi) is 6.17. The summed E-state index contributed by atoms with van der Waals surface area (Å²) in [4.78, 5) is 14.7. The van der Waals surface area contributed by atoms with Gasteiger partial charge in [-0.2, -0.15) is 26.5 Å². The van der Waals surface area contributed by atoms with Crippen LogP contribution in [0.5, 0.6) is 0 Å². The van der Waals surface area contributed by atoms with E-state index >= 15 is 0 Å². The van der Waals surface area contributed by atoms with Crippen LogP contribution < -0.4 is 10.2 Å². The molecule has 2 aromatic heterocycles. The Morgan fingerprint density at radius 2 is 1.81 bits per heavy atom. The van der Waals surface area contributed by atoms with E-state index < -0.39 is 17.8 Å². The van der Waals surface area contributed by atoms with Gasteiger partial charge in [0.2, 0.25) is 5.91 Å². The van der Waals surface area contributed by atoms with Gasteiger partial charge in [-0.15, -0.1) is 15.3 Å². The molecule has 32 heavy (non-hydrogen) atoms. The maximum atomic E-state index is 13.1. The Labute approximate surface area is 183 Å². The minimum Gasteiger partial charge on any atom is -0.355 e. The van der Waals surface area contributed by atoms with Gasteiger partial charge in [0.05, 0.1) is 5.69 Å². The highest BCUT2D eigenvalue weighted by Gasteiger charge is 2.38. The average molecular weight is 472 g/mol. The molecule has 13 heteroatoms. The molecule has 4 rings (SSSR count). The highest BCUT2D eigenvalue weighted by Crippen LogP contribution is 2.33. The fraction of sp³-hybridized carbons (Fsp3) is 0.368. The van der Waals surface area contributed by atoms with E-state index in [9.17, 15) is 26.7 Å². The second kappa shape index (κ2) is 8.88. The summed E-state index contributed by atoms with van der Waals surface area (Å²) in [7, 11) is 0. The molecule has 0 unspecified atom stereocenters. The van der Waals surface area contributed by atoms with Crippen LogP contribution in [0.1, 0.15) is 18.7 Å². The van der Waals surface area contributed by atoms with Crippen LogP contribution in [0.15, 0.2) is 41.3 Å². The van der Waals surface area contributed by atoms with Crippen molar-refractivity contribution >= 4 is 34.8 Å². The largest absolute Gasteiger partial charge is 0.453 e. The first-order valence-electron chi connectivity index (χ1n) is 9.61. The van der Waals surface area contributed by atoms with Crippen LogP contribution >= 0.6 is 11.8 Å². The van der Waals surface area contributed by atoms with E-state index in [4.69, 9.17) is 0 Å². The van der Waals surface area contributed by atoms with Crippen LogP contribution in [0.3, 0.4) is 0 Å². The van der Waals surface area contributed by atoms with Gasteiger partial charge in [-0.3, -0.25) is 4.79 Å². The number of thioether (sulfide) groups is 1. The Bertz CT molecular complexity index is 1110. The molecule has 1 aliphatic heterocycles. The molecular weight excluding hydrogens is 455 g/mol. The van der Waals surface area contributed by atoms with Crippen LogP contribution in [0.4, 0.5) is 33.5 Å². The van der Waals surface area contributed by atoms with Gasteiger partial charge in [0.15, 0.2) is 5.65 Å². The first-order chi connectivity index (χ1) is 15.2. The third kappa shape index (κ3) is 4.76. The average Bonchev–Trinajstić information content (AvgIpc) is 3.19. The van der Waals surface area contributed by atoms with Crippen molar-refractivity contribution < 1.29 is 26.7 Å². The summed E-state index contributed by atoms with van der Waals surface area (Å²) in [5.74, 6) is -4.14. The number of nitrogens with zero attached hydrogens (tertiary/aromatic N) is 5. The van der Waals surface area contributed by atoms with Gasteiger partial charge in [0.25, 0.3) is 11.6 Å². The molecule has 0 atom stereocenters.